The number of aryl methyl sites for hydroxylation is 2. The van der Waals surface area contributed by atoms with Crippen molar-refractivity contribution in [2.75, 3.05) is 36.4 Å². The fourth-order valence-electron chi connectivity index (χ4n) is 3.09. The Balaban J connectivity index is 1.59. The van der Waals surface area contributed by atoms with Crippen LogP contribution in [0.4, 0.5) is 11.4 Å². The van der Waals surface area contributed by atoms with Crippen molar-refractivity contribution in [3.05, 3.63) is 58.6 Å². The zero-order valence-corrected chi connectivity index (χ0v) is 15.6. The fourth-order valence-corrected chi connectivity index (χ4v) is 3.57. The number of nitrogens with one attached hydrogen (secondary N) is 1. The Morgan fingerprint density at radius 1 is 1.00 bits per heavy atom. The van der Waals surface area contributed by atoms with Crippen LogP contribution in [-0.4, -0.2) is 36.2 Å². The third kappa shape index (κ3) is 4.19. The summed E-state index contributed by atoms with van der Waals surface area (Å²) in [7, 11) is 0. The van der Waals surface area contributed by atoms with E-state index in [1.807, 2.05) is 18.2 Å². The lowest BCUT2D eigenvalue weighted by atomic mass is 10.1. The smallest absolute Gasteiger partial charge is 0.173 e. The van der Waals surface area contributed by atoms with Crippen molar-refractivity contribution in [1.29, 1.82) is 0 Å². The van der Waals surface area contributed by atoms with Crippen LogP contribution in [-0.2, 0) is 0 Å². The van der Waals surface area contributed by atoms with Gasteiger partial charge in [-0.2, -0.15) is 0 Å². The molecule has 1 aliphatic heterocycles. The van der Waals surface area contributed by atoms with E-state index in [0.717, 1.165) is 42.0 Å². The molecule has 1 saturated heterocycles. The highest BCUT2D eigenvalue weighted by Crippen LogP contribution is 2.21. The van der Waals surface area contributed by atoms with Crippen LogP contribution in [0.2, 0.25) is 5.02 Å². The van der Waals surface area contributed by atoms with E-state index in [1.54, 1.807) is 0 Å². The van der Waals surface area contributed by atoms with Gasteiger partial charge in [0.25, 0.3) is 0 Å². The van der Waals surface area contributed by atoms with Gasteiger partial charge in [0.15, 0.2) is 5.11 Å². The van der Waals surface area contributed by atoms with Crippen molar-refractivity contribution in [3.8, 4) is 0 Å². The molecule has 0 bridgehead atoms. The van der Waals surface area contributed by atoms with Crippen LogP contribution in [0.1, 0.15) is 11.1 Å². The van der Waals surface area contributed by atoms with Crippen LogP contribution in [0, 0.1) is 13.8 Å². The van der Waals surface area contributed by atoms with Crippen LogP contribution in [0.15, 0.2) is 42.5 Å². The number of anilines is 2. The van der Waals surface area contributed by atoms with Crippen molar-refractivity contribution in [2.24, 2.45) is 0 Å². The summed E-state index contributed by atoms with van der Waals surface area (Å²) < 4.78 is 0. The number of halogens is 1. The SMILES string of the molecule is Cc1cc(C)cc(NC(=S)N2CCN(c3cccc(Cl)c3)CC2)c1. The van der Waals surface area contributed by atoms with E-state index >= 15 is 0 Å². The molecule has 3 nitrogen and oxygen atoms in total. The third-order valence-corrected chi connectivity index (χ3v) is 4.81. The van der Waals surface area contributed by atoms with E-state index in [0.29, 0.717) is 0 Å². The van der Waals surface area contributed by atoms with E-state index in [4.69, 9.17) is 23.8 Å². The highest BCUT2D eigenvalue weighted by molar-refractivity contribution is 7.80. The first-order valence-electron chi connectivity index (χ1n) is 8.16. The van der Waals surface area contributed by atoms with Gasteiger partial charge in [-0.15, -0.1) is 0 Å². The largest absolute Gasteiger partial charge is 0.368 e. The number of benzene rings is 2. The molecule has 1 N–H and O–H groups in total. The molecule has 0 radical (unpaired) electrons. The summed E-state index contributed by atoms with van der Waals surface area (Å²) in [4.78, 5) is 4.58. The van der Waals surface area contributed by atoms with E-state index < -0.39 is 0 Å². The lowest BCUT2D eigenvalue weighted by molar-refractivity contribution is 0.391. The maximum absolute atomic E-state index is 6.09. The van der Waals surface area contributed by atoms with Gasteiger partial charge in [0, 0.05) is 42.6 Å². The van der Waals surface area contributed by atoms with Crippen molar-refractivity contribution >= 4 is 40.3 Å². The monoisotopic (exact) mass is 359 g/mol. The van der Waals surface area contributed by atoms with Gasteiger partial charge in [-0.3, -0.25) is 0 Å². The summed E-state index contributed by atoms with van der Waals surface area (Å²) in [6.07, 6.45) is 0. The number of hydrogen-bond acceptors (Lipinski definition) is 2. The van der Waals surface area contributed by atoms with Gasteiger partial charge in [-0.1, -0.05) is 23.7 Å². The predicted octanol–water partition coefficient (Wildman–Crippen LogP) is 4.48. The molecule has 3 rings (SSSR count). The van der Waals surface area contributed by atoms with E-state index in [-0.39, 0.29) is 0 Å². The Morgan fingerprint density at radius 3 is 2.29 bits per heavy atom. The number of piperazine rings is 1. The Hall–Kier alpha value is -1.78. The first-order chi connectivity index (χ1) is 11.5. The fraction of sp³-hybridized carbons (Fsp3) is 0.316. The maximum atomic E-state index is 6.09. The van der Waals surface area contributed by atoms with Gasteiger partial charge in [0.2, 0.25) is 0 Å². The molecule has 1 fully saturated rings. The molecular weight excluding hydrogens is 338 g/mol. The number of hydrogen-bond donors (Lipinski definition) is 1. The maximum Gasteiger partial charge on any atom is 0.173 e. The van der Waals surface area contributed by atoms with Crippen LogP contribution in [0.3, 0.4) is 0 Å². The molecule has 5 heteroatoms. The molecule has 1 aliphatic rings. The molecule has 0 saturated carbocycles. The summed E-state index contributed by atoms with van der Waals surface area (Å²) in [5.41, 5.74) is 4.72. The quantitative estimate of drug-likeness (QED) is 0.797. The lowest BCUT2D eigenvalue weighted by Crippen LogP contribution is -2.50. The van der Waals surface area contributed by atoms with Crippen molar-refractivity contribution in [2.45, 2.75) is 13.8 Å². The van der Waals surface area contributed by atoms with Crippen LogP contribution in [0.5, 0.6) is 0 Å². The van der Waals surface area contributed by atoms with Crippen LogP contribution >= 0.6 is 23.8 Å². The van der Waals surface area contributed by atoms with Gasteiger partial charge in [0.05, 0.1) is 0 Å². The normalized spacial score (nSPS) is 14.6. The minimum atomic E-state index is 0.780. The van der Waals surface area contributed by atoms with Crippen LogP contribution in [0.25, 0.3) is 0 Å². The summed E-state index contributed by atoms with van der Waals surface area (Å²) in [5, 5.41) is 4.95. The van der Waals surface area contributed by atoms with Crippen molar-refractivity contribution in [3.63, 3.8) is 0 Å². The molecule has 2 aromatic rings. The minimum absolute atomic E-state index is 0.780. The van der Waals surface area contributed by atoms with E-state index in [2.05, 4.69) is 53.2 Å². The third-order valence-electron chi connectivity index (χ3n) is 4.21. The first-order valence-corrected chi connectivity index (χ1v) is 8.94. The van der Waals surface area contributed by atoms with Crippen molar-refractivity contribution < 1.29 is 0 Å². The molecular formula is C19H22ClN3S. The summed E-state index contributed by atoms with van der Waals surface area (Å²) >= 11 is 11.7. The summed E-state index contributed by atoms with van der Waals surface area (Å²) in [5.74, 6) is 0. The highest BCUT2D eigenvalue weighted by atomic mass is 35.5. The van der Waals surface area contributed by atoms with Crippen molar-refractivity contribution in [1.82, 2.24) is 4.90 Å². The second kappa shape index (κ2) is 7.41. The van der Waals surface area contributed by atoms with Gasteiger partial charge in [-0.05, 0) is 67.5 Å². The summed E-state index contributed by atoms with van der Waals surface area (Å²) in [6.45, 7) is 7.90. The molecule has 0 aromatic heterocycles. The molecule has 0 spiro atoms. The first kappa shape index (κ1) is 17.1. The average molecular weight is 360 g/mol. The van der Waals surface area contributed by atoms with Gasteiger partial charge >= 0.3 is 0 Å². The second-order valence-electron chi connectivity index (χ2n) is 6.26. The van der Waals surface area contributed by atoms with E-state index in [9.17, 15) is 0 Å². The molecule has 126 valence electrons. The summed E-state index contributed by atoms with van der Waals surface area (Å²) in [6, 6.07) is 14.4. The Morgan fingerprint density at radius 2 is 1.67 bits per heavy atom. The molecule has 0 unspecified atom stereocenters. The molecule has 24 heavy (non-hydrogen) atoms. The standard InChI is InChI=1S/C19H22ClN3S/c1-14-10-15(2)12-17(11-14)21-19(24)23-8-6-22(7-9-23)18-5-3-4-16(20)13-18/h3-5,10-13H,6-9H2,1-2H3,(H,21,24). The van der Waals surface area contributed by atoms with Crippen LogP contribution < -0.4 is 10.2 Å². The Kier molecular flexibility index (Phi) is 5.27. The molecule has 0 aliphatic carbocycles. The molecule has 0 amide bonds. The molecule has 0 atom stereocenters. The second-order valence-corrected chi connectivity index (χ2v) is 7.08. The Labute approximate surface area is 154 Å². The zero-order valence-electron chi connectivity index (χ0n) is 14.1. The molecule has 1 heterocycles. The van der Waals surface area contributed by atoms with Gasteiger partial charge in [-0.25, -0.2) is 0 Å². The van der Waals surface area contributed by atoms with Gasteiger partial charge < -0.3 is 15.1 Å². The topological polar surface area (TPSA) is 18.5 Å². The Bertz CT molecular complexity index is 719. The lowest BCUT2D eigenvalue weighted by Gasteiger charge is -2.37. The molecule has 2 aromatic carbocycles. The van der Waals surface area contributed by atoms with E-state index in [1.165, 1.54) is 16.8 Å². The predicted molar refractivity (Wildman–Crippen MR) is 107 cm³/mol. The number of rotatable bonds is 2. The van der Waals surface area contributed by atoms with Gasteiger partial charge in [0.1, 0.15) is 0 Å². The highest BCUT2D eigenvalue weighted by Gasteiger charge is 2.19. The zero-order chi connectivity index (χ0) is 17.1. The minimum Gasteiger partial charge on any atom is -0.368 e. The average Bonchev–Trinajstić information content (AvgIpc) is 2.54. The number of nitrogens with zero attached hydrogens (tertiary/aromatic N) is 2. The number of thiocarbonyl (C=S) groups is 1.